The van der Waals surface area contributed by atoms with Crippen molar-refractivity contribution in [3.05, 3.63) is 18.3 Å². The summed E-state index contributed by atoms with van der Waals surface area (Å²) in [5.74, 6) is 1.90. The highest BCUT2D eigenvalue weighted by Crippen LogP contribution is 2.31. The van der Waals surface area contributed by atoms with Crippen LogP contribution in [0.15, 0.2) is 18.3 Å². The average Bonchev–Trinajstić information content (AvgIpc) is 2.36. The lowest BCUT2D eigenvalue weighted by atomic mass is 9.81. The van der Waals surface area contributed by atoms with Crippen LogP contribution in [0.2, 0.25) is 0 Å². The number of hydrogen-bond acceptors (Lipinski definition) is 4. The van der Waals surface area contributed by atoms with Gasteiger partial charge in [-0.05, 0) is 33.8 Å². The number of ether oxygens (including phenoxy) is 2. The van der Waals surface area contributed by atoms with Gasteiger partial charge in [0.15, 0.2) is 0 Å². The van der Waals surface area contributed by atoms with Crippen molar-refractivity contribution in [2.24, 2.45) is 5.92 Å². The summed E-state index contributed by atoms with van der Waals surface area (Å²) < 4.78 is 11.8. The molecule has 0 radical (unpaired) electrons. The van der Waals surface area contributed by atoms with E-state index in [9.17, 15) is 0 Å². The van der Waals surface area contributed by atoms with Gasteiger partial charge in [-0.2, -0.15) is 0 Å². The maximum absolute atomic E-state index is 6.18. The minimum atomic E-state index is -0.169. The highest BCUT2D eigenvalue weighted by atomic mass is 35.5. The largest absolute Gasteiger partial charge is 0.489 e. The van der Waals surface area contributed by atoms with E-state index in [0.717, 1.165) is 18.7 Å². The molecule has 0 aromatic carbocycles. The Bertz CT molecular complexity index is 438. The average molecular weight is 315 g/mol. The van der Waals surface area contributed by atoms with E-state index in [1.165, 1.54) is 0 Å². The number of halogens is 1. The van der Waals surface area contributed by atoms with Gasteiger partial charge < -0.3 is 14.8 Å². The molecule has 0 saturated carbocycles. The topological polar surface area (TPSA) is 43.4 Å². The maximum atomic E-state index is 6.18. The summed E-state index contributed by atoms with van der Waals surface area (Å²) in [4.78, 5) is 4.36. The second kappa shape index (κ2) is 7.32. The molecule has 0 spiro atoms. The Morgan fingerprint density at radius 2 is 2.05 bits per heavy atom. The third-order valence-corrected chi connectivity index (χ3v) is 3.95. The lowest BCUT2D eigenvalue weighted by Gasteiger charge is -2.42. The minimum Gasteiger partial charge on any atom is -0.489 e. The van der Waals surface area contributed by atoms with Crippen LogP contribution in [-0.4, -0.2) is 29.3 Å². The number of nitrogens with one attached hydrogen (secondary N) is 1. The molecule has 1 N–H and O–H groups in total. The zero-order valence-electron chi connectivity index (χ0n) is 13.6. The zero-order valence-corrected chi connectivity index (χ0v) is 14.4. The third-order valence-electron chi connectivity index (χ3n) is 3.95. The molecule has 120 valence electrons. The number of nitrogens with zero attached hydrogens (tertiary/aromatic N) is 1. The molecular weight excluding hydrogens is 288 g/mol. The van der Waals surface area contributed by atoms with Crippen molar-refractivity contribution in [1.82, 2.24) is 10.3 Å². The summed E-state index contributed by atoms with van der Waals surface area (Å²) in [6, 6.07) is 4.28. The molecule has 1 aliphatic rings. The van der Waals surface area contributed by atoms with E-state index in [4.69, 9.17) is 9.47 Å². The van der Waals surface area contributed by atoms with Crippen LogP contribution in [-0.2, 0) is 0 Å². The molecule has 1 fully saturated rings. The molecular formula is C16H27ClN2O2. The fourth-order valence-electron chi connectivity index (χ4n) is 2.63. The molecule has 5 heteroatoms. The monoisotopic (exact) mass is 314 g/mol. The second-order valence-electron chi connectivity index (χ2n) is 6.33. The van der Waals surface area contributed by atoms with E-state index in [1.54, 1.807) is 6.20 Å². The Hall–Kier alpha value is -1.00. The smallest absolute Gasteiger partial charge is 0.213 e. The quantitative estimate of drug-likeness (QED) is 0.924. The Kier molecular flexibility index (Phi) is 6.29. The van der Waals surface area contributed by atoms with E-state index in [1.807, 2.05) is 26.0 Å². The van der Waals surface area contributed by atoms with Crippen LogP contribution in [0.1, 0.15) is 41.0 Å². The van der Waals surface area contributed by atoms with Crippen molar-refractivity contribution >= 4 is 12.4 Å². The highest BCUT2D eigenvalue weighted by molar-refractivity contribution is 5.85. The minimum absolute atomic E-state index is 0. The predicted molar refractivity (Wildman–Crippen MR) is 87.5 cm³/mol. The van der Waals surface area contributed by atoms with E-state index in [2.05, 4.69) is 31.1 Å². The standard InChI is InChI=1S/C16H26N2O2.ClH/c1-11(2)19-14-6-7-15(18-10-14)20-16(5)8-13(4)17-9-12(16)3;/h6-7,10-13,17H,8-9H2,1-5H3;1H/t12-,13-,16?;/m0./s1. The van der Waals surface area contributed by atoms with E-state index in [0.29, 0.717) is 17.8 Å². The first-order chi connectivity index (χ1) is 9.39. The normalized spacial score (nSPS) is 28.9. The van der Waals surface area contributed by atoms with E-state index < -0.39 is 0 Å². The van der Waals surface area contributed by atoms with Gasteiger partial charge in [-0.25, -0.2) is 4.98 Å². The van der Waals surface area contributed by atoms with Gasteiger partial charge >= 0.3 is 0 Å². The van der Waals surface area contributed by atoms with Crippen molar-refractivity contribution in [3.8, 4) is 11.6 Å². The van der Waals surface area contributed by atoms with Crippen LogP contribution in [0.3, 0.4) is 0 Å². The molecule has 0 aliphatic carbocycles. The molecule has 4 nitrogen and oxygen atoms in total. The van der Waals surface area contributed by atoms with Gasteiger partial charge in [0.2, 0.25) is 5.88 Å². The van der Waals surface area contributed by atoms with Crippen molar-refractivity contribution in [2.75, 3.05) is 6.54 Å². The lowest BCUT2D eigenvalue weighted by molar-refractivity contribution is -0.00778. The van der Waals surface area contributed by atoms with Crippen LogP contribution >= 0.6 is 12.4 Å². The second-order valence-corrected chi connectivity index (χ2v) is 6.33. The first kappa shape index (κ1) is 18.1. The third kappa shape index (κ3) is 4.75. The van der Waals surface area contributed by atoms with Crippen LogP contribution in [0, 0.1) is 5.92 Å². The first-order valence-electron chi connectivity index (χ1n) is 7.44. The van der Waals surface area contributed by atoms with Gasteiger partial charge in [0.1, 0.15) is 11.4 Å². The lowest BCUT2D eigenvalue weighted by Crippen LogP contribution is -2.54. The fraction of sp³-hybridized carbons (Fsp3) is 0.688. The van der Waals surface area contributed by atoms with Crippen molar-refractivity contribution < 1.29 is 9.47 Å². The Labute approximate surface area is 134 Å². The summed E-state index contributed by atoms with van der Waals surface area (Å²) in [6.45, 7) is 11.6. The van der Waals surface area contributed by atoms with Crippen molar-refractivity contribution in [1.29, 1.82) is 0 Å². The number of hydrogen-bond donors (Lipinski definition) is 1. The van der Waals surface area contributed by atoms with E-state index >= 15 is 0 Å². The summed E-state index contributed by atoms with van der Waals surface area (Å²) in [5, 5.41) is 3.48. The van der Waals surface area contributed by atoms with Gasteiger partial charge in [0.05, 0.1) is 12.3 Å². The summed E-state index contributed by atoms with van der Waals surface area (Å²) in [5.41, 5.74) is -0.169. The molecule has 0 amide bonds. The molecule has 2 heterocycles. The molecule has 21 heavy (non-hydrogen) atoms. The highest BCUT2D eigenvalue weighted by Gasteiger charge is 2.38. The van der Waals surface area contributed by atoms with Gasteiger partial charge in [0, 0.05) is 31.0 Å². The van der Waals surface area contributed by atoms with Crippen LogP contribution in [0.5, 0.6) is 11.6 Å². The number of piperidine rings is 1. The molecule has 1 unspecified atom stereocenters. The molecule has 1 aromatic rings. The van der Waals surface area contributed by atoms with Crippen LogP contribution in [0.25, 0.3) is 0 Å². The summed E-state index contributed by atoms with van der Waals surface area (Å²) in [7, 11) is 0. The first-order valence-corrected chi connectivity index (χ1v) is 7.44. The van der Waals surface area contributed by atoms with E-state index in [-0.39, 0.29) is 24.1 Å². The fourth-order valence-corrected chi connectivity index (χ4v) is 2.63. The molecule has 0 bridgehead atoms. The molecule has 3 atom stereocenters. The zero-order chi connectivity index (χ0) is 14.8. The number of pyridine rings is 1. The Morgan fingerprint density at radius 1 is 1.33 bits per heavy atom. The van der Waals surface area contributed by atoms with Gasteiger partial charge in [-0.1, -0.05) is 6.92 Å². The van der Waals surface area contributed by atoms with Gasteiger partial charge in [0.25, 0.3) is 0 Å². The Balaban J connectivity index is 0.00000220. The Morgan fingerprint density at radius 3 is 2.62 bits per heavy atom. The van der Waals surface area contributed by atoms with Gasteiger partial charge in [-0.15, -0.1) is 12.4 Å². The molecule has 1 aliphatic heterocycles. The predicted octanol–water partition coefficient (Wildman–Crippen LogP) is 3.45. The van der Waals surface area contributed by atoms with Crippen molar-refractivity contribution in [3.63, 3.8) is 0 Å². The SMILES string of the molecule is CC(C)Oc1ccc(OC2(C)C[C@H](C)NC[C@@H]2C)nc1.Cl. The van der Waals surface area contributed by atoms with Crippen LogP contribution < -0.4 is 14.8 Å². The number of aromatic nitrogens is 1. The molecule has 1 saturated heterocycles. The molecule has 1 aromatic heterocycles. The summed E-state index contributed by atoms with van der Waals surface area (Å²) >= 11 is 0. The number of rotatable bonds is 4. The summed E-state index contributed by atoms with van der Waals surface area (Å²) in [6.07, 6.45) is 2.87. The maximum Gasteiger partial charge on any atom is 0.213 e. The molecule has 2 rings (SSSR count). The van der Waals surface area contributed by atoms with Gasteiger partial charge in [-0.3, -0.25) is 0 Å². The van der Waals surface area contributed by atoms with Crippen LogP contribution in [0.4, 0.5) is 0 Å². The van der Waals surface area contributed by atoms with Crippen molar-refractivity contribution in [2.45, 2.75) is 58.8 Å².